The highest BCUT2D eigenvalue weighted by molar-refractivity contribution is 5.76. The van der Waals surface area contributed by atoms with Crippen molar-refractivity contribution in [2.45, 2.75) is 347 Å². The van der Waals surface area contributed by atoms with E-state index < -0.39 is 12.1 Å². The molecule has 0 saturated carbocycles. The van der Waals surface area contributed by atoms with Crippen molar-refractivity contribution in [1.29, 1.82) is 0 Å². The van der Waals surface area contributed by atoms with Gasteiger partial charge in [-0.3, -0.25) is 9.59 Å². The molecule has 0 spiro atoms. The lowest BCUT2D eigenvalue weighted by Crippen LogP contribution is -2.45. The minimum absolute atomic E-state index is 0.0102. The molecule has 0 saturated heterocycles. The smallest absolute Gasteiger partial charge is 0.305 e. The van der Waals surface area contributed by atoms with Crippen LogP contribution in [0.15, 0.2) is 12.2 Å². The van der Waals surface area contributed by atoms with E-state index in [1.54, 1.807) is 6.08 Å². The Morgan fingerprint density at radius 3 is 1.03 bits per heavy atom. The fourth-order valence-corrected chi connectivity index (χ4v) is 9.46. The first-order valence-electron chi connectivity index (χ1n) is 30.0. The number of aliphatic hydroxyl groups excluding tert-OH is 2. The molecule has 0 radical (unpaired) electrons. The molecular weight excluding hydrogens is 815 g/mol. The van der Waals surface area contributed by atoms with Gasteiger partial charge in [0.15, 0.2) is 0 Å². The number of rotatable bonds is 56. The molecular formula is C60H117NO5. The summed E-state index contributed by atoms with van der Waals surface area (Å²) in [6.07, 6.45) is 66.7. The first-order valence-corrected chi connectivity index (χ1v) is 30.0. The summed E-state index contributed by atoms with van der Waals surface area (Å²) in [5.41, 5.74) is 0. The number of aliphatic hydroxyl groups is 2. The van der Waals surface area contributed by atoms with Gasteiger partial charge in [0.1, 0.15) is 0 Å². The second-order valence-electron chi connectivity index (χ2n) is 20.7. The molecule has 3 N–H and O–H groups in total. The zero-order valence-corrected chi connectivity index (χ0v) is 44.7. The van der Waals surface area contributed by atoms with Gasteiger partial charge in [-0.25, -0.2) is 0 Å². The van der Waals surface area contributed by atoms with Crippen LogP contribution in [0, 0.1) is 0 Å². The highest BCUT2D eigenvalue weighted by Gasteiger charge is 2.18. The lowest BCUT2D eigenvalue weighted by molar-refractivity contribution is -0.143. The van der Waals surface area contributed by atoms with Crippen molar-refractivity contribution in [2.24, 2.45) is 0 Å². The van der Waals surface area contributed by atoms with E-state index in [0.29, 0.717) is 19.4 Å². The Kier molecular flexibility index (Phi) is 55.0. The van der Waals surface area contributed by atoms with Crippen molar-refractivity contribution in [2.75, 3.05) is 13.2 Å². The maximum atomic E-state index is 12.5. The topological polar surface area (TPSA) is 95.9 Å². The van der Waals surface area contributed by atoms with Gasteiger partial charge in [-0.1, -0.05) is 302 Å². The zero-order valence-electron chi connectivity index (χ0n) is 44.7. The molecule has 0 aromatic rings. The first kappa shape index (κ1) is 64.6. The zero-order chi connectivity index (χ0) is 47.9. The molecule has 0 aliphatic rings. The van der Waals surface area contributed by atoms with Crippen LogP contribution >= 0.6 is 0 Å². The number of nitrogens with one attached hydrogen (secondary N) is 1. The third-order valence-corrected chi connectivity index (χ3v) is 14.1. The van der Waals surface area contributed by atoms with E-state index in [-0.39, 0.29) is 18.5 Å². The van der Waals surface area contributed by atoms with Crippen LogP contribution in [-0.4, -0.2) is 47.4 Å². The Labute approximate surface area is 412 Å². The SMILES string of the molecule is CCCCCCCCCCCCCCCCCC/C=C/C(O)C(CO)NC(=O)CCCCCCCCCCCCCCCCCCCCCCOC(=O)CCCCCCCCCCCCC. The number of carbonyl (C=O) groups excluding carboxylic acids is 2. The normalized spacial score (nSPS) is 12.6. The van der Waals surface area contributed by atoms with Gasteiger partial charge >= 0.3 is 5.97 Å². The fraction of sp³-hybridized carbons (Fsp3) is 0.933. The number of amides is 1. The summed E-state index contributed by atoms with van der Waals surface area (Å²) in [4.78, 5) is 24.5. The van der Waals surface area contributed by atoms with Crippen LogP contribution in [0.25, 0.3) is 0 Å². The van der Waals surface area contributed by atoms with Crippen LogP contribution in [0.3, 0.4) is 0 Å². The molecule has 1 amide bonds. The largest absolute Gasteiger partial charge is 0.466 e. The molecule has 0 aliphatic carbocycles. The number of unbranched alkanes of at least 4 members (excludes halogenated alkanes) is 45. The van der Waals surface area contributed by atoms with E-state index in [1.807, 2.05) is 6.08 Å². The molecule has 6 nitrogen and oxygen atoms in total. The Morgan fingerprint density at radius 2 is 0.697 bits per heavy atom. The summed E-state index contributed by atoms with van der Waals surface area (Å²) in [7, 11) is 0. The van der Waals surface area contributed by atoms with Gasteiger partial charge in [0.25, 0.3) is 0 Å². The standard InChI is InChI=1S/C60H117NO5/c1-3-5-7-9-11-13-15-16-17-18-23-26-29-33-36-40-44-48-52-58(63)57(56-62)61-59(64)53-49-45-41-37-34-30-27-24-21-19-20-22-25-28-31-35-39-43-47-51-55-66-60(65)54-50-46-42-38-32-14-12-10-8-6-4-2/h48,52,57-58,62-63H,3-47,49-51,53-56H2,1-2H3,(H,61,64)/b52-48+. The highest BCUT2D eigenvalue weighted by Crippen LogP contribution is 2.18. The van der Waals surface area contributed by atoms with Crippen LogP contribution in [0.2, 0.25) is 0 Å². The van der Waals surface area contributed by atoms with Crippen LogP contribution in [0.5, 0.6) is 0 Å². The van der Waals surface area contributed by atoms with Gasteiger partial charge in [0, 0.05) is 12.8 Å². The second kappa shape index (κ2) is 56.2. The number of hydrogen-bond acceptors (Lipinski definition) is 5. The lowest BCUT2D eigenvalue weighted by atomic mass is 10.0. The quantitative estimate of drug-likeness (QED) is 0.0321. The van der Waals surface area contributed by atoms with Gasteiger partial charge in [0.2, 0.25) is 5.91 Å². The van der Waals surface area contributed by atoms with Crippen LogP contribution < -0.4 is 5.32 Å². The van der Waals surface area contributed by atoms with Crippen molar-refractivity contribution in [3.63, 3.8) is 0 Å². The molecule has 0 aromatic carbocycles. The van der Waals surface area contributed by atoms with Crippen molar-refractivity contribution in [1.82, 2.24) is 5.32 Å². The molecule has 0 heterocycles. The molecule has 0 rings (SSSR count). The summed E-state index contributed by atoms with van der Waals surface area (Å²) in [6.45, 7) is 4.92. The number of esters is 1. The van der Waals surface area contributed by atoms with E-state index in [2.05, 4.69) is 19.2 Å². The maximum absolute atomic E-state index is 12.5. The van der Waals surface area contributed by atoms with E-state index in [1.165, 1.54) is 270 Å². The van der Waals surface area contributed by atoms with Gasteiger partial charge in [0.05, 0.1) is 25.4 Å². The second-order valence-corrected chi connectivity index (χ2v) is 20.7. The van der Waals surface area contributed by atoms with Gasteiger partial charge in [-0.15, -0.1) is 0 Å². The molecule has 0 aromatic heterocycles. The van der Waals surface area contributed by atoms with Crippen LogP contribution in [0.1, 0.15) is 335 Å². The monoisotopic (exact) mass is 932 g/mol. The van der Waals surface area contributed by atoms with Crippen LogP contribution in [-0.2, 0) is 14.3 Å². The molecule has 392 valence electrons. The maximum Gasteiger partial charge on any atom is 0.305 e. The van der Waals surface area contributed by atoms with E-state index in [4.69, 9.17) is 4.74 Å². The molecule has 0 bridgehead atoms. The van der Waals surface area contributed by atoms with Crippen molar-refractivity contribution >= 4 is 11.9 Å². The predicted octanol–water partition coefficient (Wildman–Crippen LogP) is 18.5. The van der Waals surface area contributed by atoms with E-state index >= 15 is 0 Å². The third kappa shape index (κ3) is 52.0. The number of ether oxygens (including phenoxy) is 1. The first-order chi connectivity index (χ1) is 32.5. The molecule has 6 heteroatoms. The summed E-state index contributed by atoms with van der Waals surface area (Å²) >= 11 is 0. The van der Waals surface area contributed by atoms with Crippen molar-refractivity contribution < 1.29 is 24.5 Å². The van der Waals surface area contributed by atoms with E-state index in [0.717, 1.165) is 38.5 Å². The predicted molar refractivity (Wildman–Crippen MR) is 287 cm³/mol. The number of hydrogen-bond donors (Lipinski definition) is 3. The minimum Gasteiger partial charge on any atom is -0.466 e. The average molecular weight is 933 g/mol. The summed E-state index contributed by atoms with van der Waals surface area (Å²) in [5.74, 6) is -0.0567. The Bertz CT molecular complexity index is 986. The number of allylic oxidation sites excluding steroid dienone is 1. The lowest BCUT2D eigenvalue weighted by Gasteiger charge is -2.20. The summed E-state index contributed by atoms with van der Waals surface area (Å²) < 4.78 is 5.46. The Balaban J connectivity index is 3.42. The van der Waals surface area contributed by atoms with Gasteiger partial charge in [-0.2, -0.15) is 0 Å². The molecule has 0 aliphatic heterocycles. The molecule has 2 unspecified atom stereocenters. The van der Waals surface area contributed by atoms with E-state index in [9.17, 15) is 19.8 Å². The highest BCUT2D eigenvalue weighted by atomic mass is 16.5. The minimum atomic E-state index is -0.845. The fourth-order valence-electron chi connectivity index (χ4n) is 9.46. The molecule has 66 heavy (non-hydrogen) atoms. The molecule has 2 atom stereocenters. The Morgan fingerprint density at radius 1 is 0.409 bits per heavy atom. The van der Waals surface area contributed by atoms with Crippen molar-refractivity contribution in [3.8, 4) is 0 Å². The third-order valence-electron chi connectivity index (χ3n) is 14.1. The Hall–Kier alpha value is -1.40. The molecule has 0 fully saturated rings. The van der Waals surface area contributed by atoms with Gasteiger partial charge in [-0.05, 0) is 32.1 Å². The van der Waals surface area contributed by atoms with Crippen molar-refractivity contribution in [3.05, 3.63) is 12.2 Å². The average Bonchev–Trinajstić information content (AvgIpc) is 3.32. The number of carbonyl (C=O) groups is 2. The summed E-state index contributed by atoms with van der Waals surface area (Å²) in [5, 5.41) is 23.2. The van der Waals surface area contributed by atoms with Gasteiger partial charge < -0.3 is 20.3 Å². The summed E-state index contributed by atoms with van der Waals surface area (Å²) in [6, 6.07) is -0.628. The van der Waals surface area contributed by atoms with Crippen LogP contribution in [0.4, 0.5) is 0 Å².